The second-order valence-corrected chi connectivity index (χ2v) is 4.46. The second kappa shape index (κ2) is 6.00. The molecule has 0 aliphatic rings. The average Bonchev–Trinajstić information content (AvgIpc) is 3.21. The molecule has 0 saturated carbocycles. The maximum atomic E-state index is 12.0. The minimum atomic E-state index is -0.140. The summed E-state index contributed by atoms with van der Waals surface area (Å²) < 4.78 is 1.78. The van der Waals surface area contributed by atoms with Crippen molar-refractivity contribution in [1.29, 1.82) is 0 Å². The van der Waals surface area contributed by atoms with E-state index in [1.54, 1.807) is 54.1 Å². The van der Waals surface area contributed by atoms with E-state index < -0.39 is 0 Å². The fourth-order valence-corrected chi connectivity index (χ4v) is 1.90. The number of aromatic amines is 1. The van der Waals surface area contributed by atoms with Crippen LogP contribution in [-0.2, 0) is 6.42 Å². The first kappa shape index (κ1) is 13.0. The molecule has 0 bridgehead atoms. The van der Waals surface area contributed by atoms with Crippen LogP contribution in [0.15, 0.2) is 49.6 Å². The third-order valence-corrected chi connectivity index (χ3v) is 3.01. The van der Waals surface area contributed by atoms with E-state index in [1.807, 2.05) is 0 Å². The molecule has 0 saturated heterocycles. The summed E-state index contributed by atoms with van der Waals surface area (Å²) in [6.45, 7) is 0.546. The largest absolute Gasteiger partial charge is 0.352 e. The van der Waals surface area contributed by atoms with E-state index in [0.717, 1.165) is 11.5 Å². The first-order chi connectivity index (χ1) is 10.3. The number of pyridine rings is 1. The number of nitrogens with zero attached hydrogens (tertiary/aromatic N) is 4. The van der Waals surface area contributed by atoms with Gasteiger partial charge in [0.1, 0.15) is 12.1 Å². The topological polar surface area (TPSA) is 88.5 Å². The summed E-state index contributed by atoms with van der Waals surface area (Å²) in [5, 5.41) is 2.85. The quantitative estimate of drug-likeness (QED) is 0.729. The number of imidazole rings is 2. The van der Waals surface area contributed by atoms with Crippen LogP contribution in [0.25, 0.3) is 5.82 Å². The highest BCUT2D eigenvalue weighted by Gasteiger charge is 2.06. The summed E-state index contributed by atoms with van der Waals surface area (Å²) >= 11 is 0. The maximum Gasteiger partial charge on any atom is 0.252 e. The molecule has 1 amide bonds. The van der Waals surface area contributed by atoms with Gasteiger partial charge < -0.3 is 10.3 Å². The molecule has 7 nitrogen and oxygen atoms in total. The van der Waals surface area contributed by atoms with Gasteiger partial charge in [0.05, 0.1) is 11.9 Å². The third kappa shape index (κ3) is 3.14. The molecule has 0 atom stereocenters. The Hall–Kier alpha value is -2.96. The van der Waals surface area contributed by atoms with Gasteiger partial charge in [-0.25, -0.2) is 15.0 Å². The summed E-state index contributed by atoms with van der Waals surface area (Å²) in [5.74, 6) is 0.584. The van der Waals surface area contributed by atoms with Gasteiger partial charge >= 0.3 is 0 Å². The minimum absolute atomic E-state index is 0.140. The number of aromatic nitrogens is 5. The predicted molar refractivity (Wildman–Crippen MR) is 76.0 cm³/mol. The van der Waals surface area contributed by atoms with E-state index in [-0.39, 0.29) is 5.91 Å². The lowest BCUT2D eigenvalue weighted by Gasteiger charge is -2.05. The number of hydrogen-bond donors (Lipinski definition) is 2. The summed E-state index contributed by atoms with van der Waals surface area (Å²) in [6, 6.07) is 3.53. The van der Waals surface area contributed by atoms with E-state index in [0.29, 0.717) is 18.5 Å². The Balaban J connectivity index is 1.57. The molecule has 2 N–H and O–H groups in total. The lowest BCUT2D eigenvalue weighted by atomic mass is 10.2. The molecule has 0 fully saturated rings. The van der Waals surface area contributed by atoms with Crippen molar-refractivity contribution in [1.82, 2.24) is 29.8 Å². The Morgan fingerprint density at radius 1 is 1.29 bits per heavy atom. The summed E-state index contributed by atoms with van der Waals surface area (Å²) in [6.07, 6.45) is 10.8. The Morgan fingerprint density at radius 2 is 2.24 bits per heavy atom. The number of nitrogens with one attached hydrogen (secondary N) is 2. The van der Waals surface area contributed by atoms with Gasteiger partial charge in [-0.3, -0.25) is 9.36 Å². The van der Waals surface area contributed by atoms with Crippen LogP contribution in [-0.4, -0.2) is 37.0 Å². The molecule has 0 radical (unpaired) electrons. The molecule has 0 spiro atoms. The van der Waals surface area contributed by atoms with Crippen molar-refractivity contribution >= 4 is 5.91 Å². The normalized spacial score (nSPS) is 10.5. The molecule has 7 heteroatoms. The minimum Gasteiger partial charge on any atom is -0.352 e. The summed E-state index contributed by atoms with van der Waals surface area (Å²) in [7, 11) is 0. The first-order valence-electron chi connectivity index (χ1n) is 6.53. The lowest BCUT2D eigenvalue weighted by molar-refractivity contribution is 0.0953. The Bertz CT molecular complexity index is 688. The third-order valence-electron chi connectivity index (χ3n) is 3.01. The second-order valence-electron chi connectivity index (χ2n) is 4.46. The molecule has 0 aliphatic carbocycles. The number of hydrogen-bond acceptors (Lipinski definition) is 4. The van der Waals surface area contributed by atoms with Crippen LogP contribution in [0.4, 0.5) is 0 Å². The van der Waals surface area contributed by atoms with Crippen molar-refractivity contribution in [3.05, 3.63) is 60.8 Å². The number of carbonyl (C=O) groups is 1. The Kier molecular flexibility index (Phi) is 3.72. The number of carbonyl (C=O) groups excluding carboxylic acids is 1. The highest BCUT2D eigenvalue weighted by Crippen LogP contribution is 2.05. The molecular formula is C14H14N6O. The van der Waals surface area contributed by atoms with Crippen LogP contribution in [0.5, 0.6) is 0 Å². The zero-order valence-corrected chi connectivity index (χ0v) is 11.2. The molecule has 3 aromatic heterocycles. The van der Waals surface area contributed by atoms with E-state index in [9.17, 15) is 4.79 Å². The smallest absolute Gasteiger partial charge is 0.252 e. The summed E-state index contributed by atoms with van der Waals surface area (Å²) in [5.41, 5.74) is 1.52. The highest BCUT2D eigenvalue weighted by molar-refractivity contribution is 5.93. The van der Waals surface area contributed by atoms with Crippen molar-refractivity contribution in [3.8, 4) is 5.82 Å². The molecule has 0 aliphatic heterocycles. The van der Waals surface area contributed by atoms with Crippen LogP contribution in [0.2, 0.25) is 0 Å². The monoisotopic (exact) mass is 282 g/mol. The Labute approximate surface area is 121 Å². The standard InChI is InChI=1S/C14H14N6O/c21-14(17-4-3-12-8-16-9-19-12)11-1-2-13(18-7-11)20-6-5-15-10-20/h1-2,5-10H,3-4H2,(H,16,19)(H,17,21). The lowest BCUT2D eigenvalue weighted by Crippen LogP contribution is -2.25. The zero-order valence-electron chi connectivity index (χ0n) is 11.2. The van der Waals surface area contributed by atoms with Crippen LogP contribution in [0, 0.1) is 0 Å². The molecule has 0 aromatic carbocycles. The van der Waals surface area contributed by atoms with Crippen molar-refractivity contribution in [2.24, 2.45) is 0 Å². The van der Waals surface area contributed by atoms with Gasteiger partial charge in [-0.15, -0.1) is 0 Å². The van der Waals surface area contributed by atoms with Gasteiger partial charge in [0, 0.05) is 43.4 Å². The number of amides is 1. The molecule has 3 rings (SSSR count). The maximum absolute atomic E-state index is 12.0. The highest BCUT2D eigenvalue weighted by atomic mass is 16.1. The van der Waals surface area contributed by atoms with Gasteiger partial charge in [0.2, 0.25) is 0 Å². The van der Waals surface area contributed by atoms with Crippen LogP contribution in [0.3, 0.4) is 0 Å². The van der Waals surface area contributed by atoms with Crippen molar-refractivity contribution in [2.75, 3.05) is 6.54 Å². The van der Waals surface area contributed by atoms with Crippen molar-refractivity contribution in [2.45, 2.75) is 6.42 Å². The fourth-order valence-electron chi connectivity index (χ4n) is 1.90. The van der Waals surface area contributed by atoms with E-state index in [4.69, 9.17) is 0 Å². The predicted octanol–water partition coefficient (Wildman–Crippen LogP) is 0.963. The van der Waals surface area contributed by atoms with Crippen molar-refractivity contribution < 1.29 is 4.79 Å². The molecule has 106 valence electrons. The first-order valence-corrected chi connectivity index (χ1v) is 6.53. The fraction of sp³-hybridized carbons (Fsp3) is 0.143. The van der Waals surface area contributed by atoms with Crippen molar-refractivity contribution in [3.63, 3.8) is 0 Å². The van der Waals surface area contributed by atoms with Gasteiger partial charge in [-0.05, 0) is 12.1 Å². The van der Waals surface area contributed by atoms with Gasteiger partial charge in [0.15, 0.2) is 0 Å². The zero-order chi connectivity index (χ0) is 14.5. The molecule has 3 heterocycles. The SMILES string of the molecule is O=C(NCCc1cnc[nH]1)c1ccc(-n2ccnc2)nc1. The van der Waals surface area contributed by atoms with Crippen LogP contribution < -0.4 is 5.32 Å². The van der Waals surface area contributed by atoms with E-state index >= 15 is 0 Å². The molecular weight excluding hydrogens is 268 g/mol. The molecule has 0 unspecified atom stereocenters. The van der Waals surface area contributed by atoms with E-state index in [2.05, 4.69) is 25.3 Å². The van der Waals surface area contributed by atoms with Gasteiger partial charge in [0.25, 0.3) is 5.91 Å². The number of rotatable bonds is 5. The van der Waals surface area contributed by atoms with Crippen LogP contribution >= 0.6 is 0 Å². The Morgan fingerprint density at radius 3 is 2.90 bits per heavy atom. The molecule has 3 aromatic rings. The van der Waals surface area contributed by atoms with Crippen LogP contribution in [0.1, 0.15) is 16.1 Å². The summed E-state index contributed by atoms with van der Waals surface area (Å²) in [4.78, 5) is 27.1. The average molecular weight is 282 g/mol. The molecule has 21 heavy (non-hydrogen) atoms. The van der Waals surface area contributed by atoms with E-state index in [1.165, 1.54) is 0 Å². The van der Waals surface area contributed by atoms with Gasteiger partial charge in [-0.2, -0.15) is 0 Å². The van der Waals surface area contributed by atoms with Gasteiger partial charge in [-0.1, -0.05) is 0 Å². The number of H-pyrrole nitrogens is 1.